The van der Waals surface area contributed by atoms with Crippen LogP contribution in [0.1, 0.15) is 53.4 Å². The average Bonchev–Trinajstić information content (AvgIpc) is 2.68. The molecule has 0 atom stereocenters. The Kier molecular flexibility index (Phi) is 6.05. The van der Waals surface area contributed by atoms with Crippen LogP contribution in [0, 0.1) is 6.92 Å². The van der Waals surface area contributed by atoms with Gasteiger partial charge in [0, 0.05) is 25.0 Å². The van der Waals surface area contributed by atoms with E-state index in [-0.39, 0.29) is 5.97 Å². The highest BCUT2D eigenvalue weighted by atomic mass is 16.5. The van der Waals surface area contributed by atoms with Crippen LogP contribution in [0.4, 0.5) is 5.69 Å². The van der Waals surface area contributed by atoms with E-state index in [1.54, 1.807) is 6.07 Å². The minimum absolute atomic E-state index is 0.293. The van der Waals surface area contributed by atoms with Crippen molar-refractivity contribution >= 4 is 23.8 Å². The Bertz CT molecular complexity index is 792. The second-order valence-corrected chi connectivity index (χ2v) is 6.58. The van der Waals surface area contributed by atoms with Crippen molar-refractivity contribution in [2.45, 2.75) is 33.1 Å². The number of hydrogen-bond acceptors (Lipinski definition) is 4. The summed E-state index contributed by atoms with van der Waals surface area (Å²) >= 11 is 0. The number of ether oxygens (including phenoxy) is 1. The summed E-state index contributed by atoms with van der Waals surface area (Å²) < 4.78 is 5.14. The summed E-state index contributed by atoms with van der Waals surface area (Å²) in [4.78, 5) is 19.1. The molecule has 0 N–H and O–H groups in total. The highest BCUT2D eigenvalue weighted by molar-refractivity contribution is 5.94. The number of benzene rings is 1. The van der Waals surface area contributed by atoms with Gasteiger partial charge in [-0.1, -0.05) is 24.3 Å². The maximum absolute atomic E-state index is 12.1. The molecular weight excluding hydrogens is 324 g/mol. The van der Waals surface area contributed by atoms with E-state index in [9.17, 15) is 4.79 Å². The van der Waals surface area contributed by atoms with Gasteiger partial charge in [-0.05, 0) is 62.4 Å². The number of carbonyl (C=O) groups excluding carboxylic acids is 1. The number of rotatable bonds is 5. The molecule has 1 aromatic carbocycles. The van der Waals surface area contributed by atoms with Crippen molar-refractivity contribution in [3.63, 3.8) is 0 Å². The lowest BCUT2D eigenvalue weighted by Crippen LogP contribution is -2.30. The fourth-order valence-electron chi connectivity index (χ4n) is 3.31. The molecule has 1 aromatic heterocycles. The summed E-state index contributed by atoms with van der Waals surface area (Å²) in [7, 11) is 0. The van der Waals surface area contributed by atoms with Gasteiger partial charge in [0.15, 0.2) is 0 Å². The lowest BCUT2D eigenvalue weighted by Gasteiger charge is -2.30. The first-order valence-corrected chi connectivity index (χ1v) is 9.35. The van der Waals surface area contributed by atoms with Gasteiger partial charge in [-0.2, -0.15) is 0 Å². The lowest BCUT2D eigenvalue weighted by atomic mass is 10.1. The third-order valence-electron chi connectivity index (χ3n) is 4.68. The second-order valence-electron chi connectivity index (χ2n) is 6.58. The van der Waals surface area contributed by atoms with Gasteiger partial charge < -0.3 is 9.64 Å². The normalized spacial score (nSPS) is 14.6. The first-order valence-electron chi connectivity index (χ1n) is 9.35. The van der Waals surface area contributed by atoms with Gasteiger partial charge in [0.1, 0.15) is 0 Å². The Morgan fingerprint density at radius 3 is 2.73 bits per heavy atom. The molecule has 0 saturated carbocycles. The molecule has 3 rings (SSSR count). The summed E-state index contributed by atoms with van der Waals surface area (Å²) in [6.45, 7) is 6.52. The molecule has 4 heteroatoms. The zero-order chi connectivity index (χ0) is 18.4. The molecule has 0 amide bonds. The summed E-state index contributed by atoms with van der Waals surface area (Å²) in [5.41, 5.74) is 4.78. The monoisotopic (exact) mass is 350 g/mol. The Hall–Kier alpha value is -2.62. The number of piperidine rings is 1. The molecule has 1 aliphatic rings. The van der Waals surface area contributed by atoms with Crippen molar-refractivity contribution in [1.82, 2.24) is 4.98 Å². The smallest absolute Gasteiger partial charge is 0.338 e. The van der Waals surface area contributed by atoms with E-state index in [1.807, 2.05) is 43.5 Å². The van der Waals surface area contributed by atoms with Crippen molar-refractivity contribution in [3.05, 3.63) is 58.9 Å². The number of anilines is 1. The second kappa shape index (κ2) is 8.65. The molecule has 26 heavy (non-hydrogen) atoms. The topological polar surface area (TPSA) is 42.4 Å². The van der Waals surface area contributed by atoms with Gasteiger partial charge >= 0.3 is 5.97 Å². The van der Waals surface area contributed by atoms with E-state index in [0.29, 0.717) is 12.2 Å². The number of aryl methyl sites for hydroxylation is 1. The van der Waals surface area contributed by atoms with E-state index in [4.69, 9.17) is 4.74 Å². The molecule has 0 unspecified atom stereocenters. The fourth-order valence-corrected chi connectivity index (χ4v) is 3.31. The SMILES string of the molecule is CCOC(=O)c1ccccc1C=Cc1cc(N2CCCCC2)c(C)cn1. The van der Waals surface area contributed by atoms with E-state index in [1.165, 1.54) is 30.5 Å². The van der Waals surface area contributed by atoms with Crippen molar-refractivity contribution < 1.29 is 9.53 Å². The first-order chi connectivity index (χ1) is 12.7. The van der Waals surface area contributed by atoms with Crippen molar-refractivity contribution in [2.75, 3.05) is 24.6 Å². The molecule has 136 valence electrons. The predicted molar refractivity (Wildman–Crippen MR) is 106 cm³/mol. The highest BCUT2D eigenvalue weighted by Crippen LogP contribution is 2.25. The van der Waals surface area contributed by atoms with Crippen LogP contribution in [-0.2, 0) is 4.74 Å². The number of nitrogens with zero attached hydrogens (tertiary/aromatic N) is 2. The zero-order valence-electron chi connectivity index (χ0n) is 15.6. The van der Waals surface area contributed by atoms with Crippen LogP contribution in [0.25, 0.3) is 12.2 Å². The number of esters is 1. The van der Waals surface area contributed by atoms with E-state index < -0.39 is 0 Å². The minimum Gasteiger partial charge on any atom is -0.462 e. The molecule has 2 aromatic rings. The fraction of sp³-hybridized carbons (Fsp3) is 0.364. The molecule has 0 spiro atoms. The average molecular weight is 350 g/mol. The molecular formula is C22H26N2O2. The number of pyridine rings is 1. The largest absolute Gasteiger partial charge is 0.462 e. The summed E-state index contributed by atoms with van der Waals surface area (Å²) in [5, 5.41) is 0. The van der Waals surface area contributed by atoms with Crippen LogP contribution in [-0.4, -0.2) is 30.6 Å². The molecule has 0 aliphatic carbocycles. The quantitative estimate of drug-likeness (QED) is 0.731. The standard InChI is InChI=1S/C22H26N2O2/c1-3-26-22(25)20-10-6-5-9-18(20)11-12-19-15-21(17(2)16-23-19)24-13-7-4-8-14-24/h5-6,9-12,15-16H,3-4,7-8,13-14H2,1-2H3. The Morgan fingerprint density at radius 1 is 1.19 bits per heavy atom. The van der Waals surface area contributed by atoms with Gasteiger partial charge in [-0.15, -0.1) is 0 Å². The van der Waals surface area contributed by atoms with E-state index >= 15 is 0 Å². The zero-order valence-corrected chi connectivity index (χ0v) is 15.6. The van der Waals surface area contributed by atoms with Gasteiger partial charge in [0.05, 0.1) is 17.9 Å². The predicted octanol–water partition coefficient (Wildman–Crippen LogP) is 4.73. The Labute approximate surface area is 155 Å². The van der Waals surface area contributed by atoms with Gasteiger partial charge in [0.25, 0.3) is 0 Å². The van der Waals surface area contributed by atoms with Crippen LogP contribution < -0.4 is 4.90 Å². The van der Waals surface area contributed by atoms with Crippen LogP contribution in [0.15, 0.2) is 36.5 Å². The third-order valence-corrected chi connectivity index (χ3v) is 4.68. The van der Waals surface area contributed by atoms with Gasteiger partial charge in [-0.25, -0.2) is 4.79 Å². The summed E-state index contributed by atoms with van der Waals surface area (Å²) in [6, 6.07) is 9.62. The van der Waals surface area contributed by atoms with Crippen LogP contribution in [0.2, 0.25) is 0 Å². The molecule has 2 heterocycles. The minimum atomic E-state index is -0.293. The molecule has 1 aliphatic heterocycles. The molecule has 0 radical (unpaired) electrons. The van der Waals surface area contributed by atoms with Gasteiger partial charge in [0.2, 0.25) is 0 Å². The highest BCUT2D eigenvalue weighted by Gasteiger charge is 2.14. The maximum atomic E-state index is 12.1. The van der Waals surface area contributed by atoms with Crippen LogP contribution >= 0.6 is 0 Å². The molecule has 1 fully saturated rings. The van der Waals surface area contributed by atoms with Crippen molar-refractivity contribution in [3.8, 4) is 0 Å². The summed E-state index contributed by atoms with van der Waals surface area (Å²) in [5.74, 6) is -0.293. The van der Waals surface area contributed by atoms with Crippen molar-refractivity contribution in [2.24, 2.45) is 0 Å². The molecule has 1 saturated heterocycles. The number of aromatic nitrogens is 1. The first kappa shape index (κ1) is 18.2. The van der Waals surface area contributed by atoms with E-state index in [2.05, 4.69) is 22.9 Å². The van der Waals surface area contributed by atoms with Crippen molar-refractivity contribution in [1.29, 1.82) is 0 Å². The Balaban J connectivity index is 1.84. The van der Waals surface area contributed by atoms with Gasteiger partial charge in [-0.3, -0.25) is 4.98 Å². The molecule has 4 nitrogen and oxygen atoms in total. The van der Waals surface area contributed by atoms with Crippen LogP contribution in [0.5, 0.6) is 0 Å². The molecule has 0 bridgehead atoms. The van der Waals surface area contributed by atoms with E-state index in [0.717, 1.165) is 24.3 Å². The maximum Gasteiger partial charge on any atom is 0.338 e. The number of hydrogen-bond donors (Lipinski definition) is 0. The lowest BCUT2D eigenvalue weighted by molar-refractivity contribution is 0.0526. The summed E-state index contributed by atoms with van der Waals surface area (Å²) in [6.07, 6.45) is 9.65. The third kappa shape index (κ3) is 4.31. The Morgan fingerprint density at radius 2 is 1.96 bits per heavy atom. The van der Waals surface area contributed by atoms with Crippen LogP contribution in [0.3, 0.4) is 0 Å². The number of carbonyl (C=O) groups is 1.